The molecule has 0 radical (unpaired) electrons. The van der Waals surface area contributed by atoms with Gasteiger partial charge in [-0.25, -0.2) is 0 Å². The molecule has 1 aromatic carbocycles. The molecule has 19 heavy (non-hydrogen) atoms. The van der Waals surface area contributed by atoms with Gasteiger partial charge in [0.1, 0.15) is 0 Å². The lowest BCUT2D eigenvalue weighted by atomic mass is 10.0. The predicted molar refractivity (Wildman–Crippen MR) is 73.0 cm³/mol. The fraction of sp³-hybridized carbons (Fsp3) is 0.600. The maximum Gasteiger partial charge on any atom is 0.203 e. The van der Waals surface area contributed by atoms with Crippen molar-refractivity contribution in [1.29, 1.82) is 0 Å². The maximum atomic E-state index is 10.7. The number of hydrogen-bond acceptors (Lipinski definition) is 4. The van der Waals surface area contributed by atoms with Gasteiger partial charge in [-0.05, 0) is 30.9 Å². The second kappa shape index (κ2) is 5.29. The highest BCUT2D eigenvalue weighted by Crippen LogP contribution is 2.58. The fourth-order valence-corrected chi connectivity index (χ4v) is 2.78. The number of benzene rings is 1. The zero-order valence-electron chi connectivity index (χ0n) is 12.0. The van der Waals surface area contributed by atoms with Crippen LogP contribution in [-0.2, 0) is 5.60 Å². The maximum absolute atomic E-state index is 10.7. The summed E-state index contributed by atoms with van der Waals surface area (Å²) in [5.74, 6) is 2.03. The molecule has 2 unspecified atom stereocenters. The molecule has 1 N–H and O–H groups in total. The van der Waals surface area contributed by atoms with Crippen molar-refractivity contribution in [3.63, 3.8) is 0 Å². The Hall–Kier alpha value is -1.42. The minimum atomic E-state index is -0.777. The van der Waals surface area contributed by atoms with Crippen LogP contribution in [-0.4, -0.2) is 26.4 Å². The van der Waals surface area contributed by atoms with Gasteiger partial charge < -0.3 is 19.3 Å². The van der Waals surface area contributed by atoms with E-state index in [1.54, 1.807) is 21.3 Å². The van der Waals surface area contributed by atoms with Crippen LogP contribution in [0.15, 0.2) is 12.1 Å². The van der Waals surface area contributed by atoms with Gasteiger partial charge in [0.05, 0.1) is 26.9 Å². The van der Waals surface area contributed by atoms with E-state index in [1.807, 2.05) is 12.1 Å². The third-order valence-electron chi connectivity index (χ3n) is 3.88. The molecule has 1 aliphatic rings. The summed E-state index contributed by atoms with van der Waals surface area (Å²) in [6.45, 7) is 2.13. The molecular formula is C15H22O4. The second-order valence-electron chi connectivity index (χ2n) is 5.00. The van der Waals surface area contributed by atoms with Gasteiger partial charge in [0.25, 0.3) is 0 Å². The van der Waals surface area contributed by atoms with Crippen LogP contribution in [0.4, 0.5) is 0 Å². The van der Waals surface area contributed by atoms with Crippen molar-refractivity contribution in [2.75, 3.05) is 21.3 Å². The van der Waals surface area contributed by atoms with Gasteiger partial charge in [0.15, 0.2) is 11.5 Å². The average Bonchev–Trinajstić information content (AvgIpc) is 3.08. The third-order valence-corrected chi connectivity index (χ3v) is 3.88. The highest BCUT2D eigenvalue weighted by Gasteiger charge is 2.55. The minimum Gasteiger partial charge on any atom is -0.493 e. The normalized spacial score (nSPS) is 25.0. The zero-order chi connectivity index (χ0) is 14.0. The van der Waals surface area contributed by atoms with Gasteiger partial charge in [-0.15, -0.1) is 0 Å². The third kappa shape index (κ3) is 2.25. The Bertz CT molecular complexity index is 458. The molecule has 0 saturated heterocycles. The number of hydrogen-bond donors (Lipinski definition) is 1. The summed E-state index contributed by atoms with van der Waals surface area (Å²) in [4.78, 5) is 0. The first kappa shape index (κ1) is 14.0. The summed E-state index contributed by atoms with van der Waals surface area (Å²) < 4.78 is 16.0. The summed E-state index contributed by atoms with van der Waals surface area (Å²) in [5, 5.41) is 10.7. The van der Waals surface area contributed by atoms with Crippen molar-refractivity contribution < 1.29 is 19.3 Å². The largest absolute Gasteiger partial charge is 0.493 e. The number of aliphatic hydroxyl groups is 1. The molecule has 4 nitrogen and oxygen atoms in total. The van der Waals surface area contributed by atoms with Crippen LogP contribution in [0, 0.1) is 5.92 Å². The van der Waals surface area contributed by atoms with Gasteiger partial charge in [0, 0.05) is 5.56 Å². The molecule has 4 heteroatoms. The average molecular weight is 266 g/mol. The molecule has 0 aliphatic heterocycles. The van der Waals surface area contributed by atoms with E-state index >= 15 is 0 Å². The van der Waals surface area contributed by atoms with Crippen molar-refractivity contribution in [2.24, 2.45) is 5.92 Å². The Morgan fingerprint density at radius 2 is 1.84 bits per heavy atom. The quantitative estimate of drug-likeness (QED) is 0.860. The van der Waals surface area contributed by atoms with Crippen molar-refractivity contribution in [3.05, 3.63) is 17.7 Å². The fourth-order valence-electron chi connectivity index (χ4n) is 2.78. The SMILES string of the molecule is CCCC1CC1(O)c1ccc(OC)c(OC)c1OC. The first-order valence-corrected chi connectivity index (χ1v) is 6.64. The summed E-state index contributed by atoms with van der Waals surface area (Å²) >= 11 is 0. The molecule has 106 valence electrons. The van der Waals surface area contributed by atoms with Crippen molar-refractivity contribution in [1.82, 2.24) is 0 Å². The molecule has 2 atom stereocenters. The van der Waals surface area contributed by atoms with Crippen LogP contribution in [0.5, 0.6) is 17.2 Å². The summed E-state index contributed by atoms with van der Waals surface area (Å²) in [5.41, 5.74) is 0.0204. The van der Waals surface area contributed by atoms with Crippen LogP contribution in [0.25, 0.3) is 0 Å². The van der Waals surface area contributed by atoms with Crippen LogP contribution in [0.3, 0.4) is 0 Å². The molecular weight excluding hydrogens is 244 g/mol. The van der Waals surface area contributed by atoms with E-state index in [1.165, 1.54) is 0 Å². The molecule has 0 bridgehead atoms. The summed E-state index contributed by atoms with van der Waals surface area (Å²) in [7, 11) is 4.74. The van der Waals surface area contributed by atoms with Crippen LogP contribution >= 0.6 is 0 Å². The highest BCUT2D eigenvalue weighted by atomic mass is 16.5. The standard InChI is InChI=1S/C15H22O4/c1-5-6-10-9-15(10,16)11-7-8-12(17-2)14(19-4)13(11)18-3/h7-8,10,16H,5-6,9H2,1-4H3. The van der Waals surface area contributed by atoms with E-state index in [0.29, 0.717) is 23.2 Å². The van der Waals surface area contributed by atoms with E-state index < -0.39 is 5.60 Å². The lowest BCUT2D eigenvalue weighted by molar-refractivity contribution is 0.124. The van der Waals surface area contributed by atoms with Gasteiger partial charge >= 0.3 is 0 Å². The lowest BCUT2D eigenvalue weighted by Gasteiger charge is -2.19. The number of ether oxygens (including phenoxy) is 3. The van der Waals surface area contributed by atoms with Crippen LogP contribution in [0.1, 0.15) is 31.7 Å². The van der Waals surface area contributed by atoms with Gasteiger partial charge in [-0.1, -0.05) is 13.3 Å². The first-order chi connectivity index (χ1) is 9.12. The minimum absolute atomic E-state index is 0.310. The van der Waals surface area contributed by atoms with Crippen molar-refractivity contribution >= 4 is 0 Å². The van der Waals surface area contributed by atoms with Gasteiger partial charge in [-0.3, -0.25) is 0 Å². The molecule has 0 spiro atoms. The molecule has 1 aliphatic carbocycles. The van der Waals surface area contributed by atoms with E-state index in [2.05, 4.69) is 6.92 Å². The molecule has 1 saturated carbocycles. The van der Waals surface area contributed by atoms with E-state index in [4.69, 9.17) is 14.2 Å². The molecule has 0 amide bonds. The van der Waals surface area contributed by atoms with Crippen molar-refractivity contribution in [2.45, 2.75) is 31.8 Å². The second-order valence-corrected chi connectivity index (χ2v) is 5.00. The smallest absolute Gasteiger partial charge is 0.203 e. The molecule has 0 heterocycles. The monoisotopic (exact) mass is 266 g/mol. The lowest BCUT2D eigenvalue weighted by Crippen LogP contribution is -2.11. The molecule has 1 aromatic rings. The topological polar surface area (TPSA) is 47.9 Å². The zero-order valence-corrected chi connectivity index (χ0v) is 12.0. The Balaban J connectivity index is 2.42. The Kier molecular flexibility index (Phi) is 3.90. The molecule has 0 aromatic heterocycles. The Morgan fingerprint density at radius 1 is 1.16 bits per heavy atom. The first-order valence-electron chi connectivity index (χ1n) is 6.64. The summed E-state index contributed by atoms with van der Waals surface area (Å²) in [6.07, 6.45) is 2.88. The predicted octanol–water partition coefficient (Wildman–Crippen LogP) is 2.72. The van der Waals surface area contributed by atoms with Gasteiger partial charge in [-0.2, -0.15) is 0 Å². The van der Waals surface area contributed by atoms with E-state index in [-0.39, 0.29) is 0 Å². The van der Waals surface area contributed by atoms with Crippen molar-refractivity contribution in [3.8, 4) is 17.2 Å². The Morgan fingerprint density at radius 3 is 2.37 bits per heavy atom. The van der Waals surface area contributed by atoms with E-state index in [9.17, 15) is 5.11 Å². The number of methoxy groups -OCH3 is 3. The van der Waals surface area contributed by atoms with Crippen LogP contribution in [0.2, 0.25) is 0 Å². The highest BCUT2D eigenvalue weighted by molar-refractivity contribution is 5.58. The van der Waals surface area contributed by atoms with Gasteiger partial charge in [0.2, 0.25) is 5.75 Å². The number of rotatable bonds is 6. The molecule has 1 fully saturated rings. The van der Waals surface area contributed by atoms with Crippen LogP contribution < -0.4 is 14.2 Å². The van der Waals surface area contributed by atoms with E-state index in [0.717, 1.165) is 24.8 Å². The summed E-state index contributed by atoms with van der Waals surface area (Å²) in [6, 6.07) is 3.69. The molecule has 2 rings (SSSR count). The Labute approximate surface area is 114 Å².